The number of carboxylic acid groups (broad SMARTS) is 1. The van der Waals surface area contributed by atoms with E-state index in [2.05, 4.69) is 10.6 Å². The largest absolute Gasteiger partial charge is 0.478 e. The summed E-state index contributed by atoms with van der Waals surface area (Å²) in [5, 5.41) is 14.8. The van der Waals surface area contributed by atoms with E-state index in [9.17, 15) is 9.59 Å². The molecule has 0 fully saturated rings. The molecule has 1 rings (SSSR count). The van der Waals surface area contributed by atoms with E-state index in [-0.39, 0.29) is 17.3 Å². The molecule has 1 aromatic carbocycles. The van der Waals surface area contributed by atoms with Gasteiger partial charge in [-0.25, -0.2) is 9.59 Å². The highest BCUT2D eigenvalue weighted by molar-refractivity contribution is 6.33. The number of urea groups is 1. The molecule has 7 heteroatoms. The van der Waals surface area contributed by atoms with Gasteiger partial charge in [-0.05, 0) is 38.2 Å². The number of carboxylic acids is 1. The monoisotopic (exact) mass is 299 g/mol. The van der Waals surface area contributed by atoms with Gasteiger partial charge in [0.25, 0.3) is 0 Å². The Morgan fingerprint density at radius 3 is 2.70 bits per heavy atom. The quantitative estimate of drug-likeness (QED) is 0.703. The summed E-state index contributed by atoms with van der Waals surface area (Å²) >= 11 is 5.94. The van der Waals surface area contributed by atoms with Gasteiger partial charge in [-0.1, -0.05) is 11.6 Å². The van der Waals surface area contributed by atoms with Crippen LogP contribution in [-0.4, -0.2) is 49.2 Å². The third-order valence-electron chi connectivity index (χ3n) is 2.72. The van der Waals surface area contributed by atoms with E-state index >= 15 is 0 Å². The molecule has 2 amide bonds. The summed E-state index contributed by atoms with van der Waals surface area (Å²) in [4.78, 5) is 24.3. The number of aromatic carboxylic acids is 1. The van der Waals surface area contributed by atoms with Crippen molar-refractivity contribution in [3.8, 4) is 0 Å². The molecule has 0 aliphatic carbocycles. The van der Waals surface area contributed by atoms with Crippen molar-refractivity contribution in [3.63, 3.8) is 0 Å². The van der Waals surface area contributed by atoms with Gasteiger partial charge < -0.3 is 20.6 Å². The molecule has 0 saturated heterocycles. The molecule has 0 heterocycles. The second kappa shape index (κ2) is 7.72. The second-order valence-corrected chi connectivity index (χ2v) is 4.72. The molecule has 0 aromatic heterocycles. The highest BCUT2D eigenvalue weighted by atomic mass is 35.5. The second-order valence-electron chi connectivity index (χ2n) is 4.31. The molecule has 6 nitrogen and oxygen atoms in total. The van der Waals surface area contributed by atoms with Crippen molar-refractivity contribution in [1.29, 1.82) is 0 Å². The van der Waals surface area contributed by atoms with Gasteiger partial charge in [-0.15, -0.1) is 0 Å². The van der Waals surface area contributed by atoms with E-state index in [4.69, 9.17) is 16.7 Å². The van der Waals surface area contributed by atoms with Crippen LogP contribution in [0.4, 0.5) is 10.5 Å². The number of nitrogens with zero attached hydrogens (tertiary/aromatic N) is 1. The first kappa shape index (κ1) is 16.3. The summed E-state index contributed by atoms with van der Waals surface area (Å²) in [6.07, 6.45) is 0.823. The number of nitrogens with one attached hydrogen (secondary N) is 2. The standard InChI is InChI=1S/C13H18ClN3O3/c1-15-6-3-7-17(2)13(20)16-11-8-9(12(18)19)4-5-10(11)14/h4-5,8,15H,3,6-7H2,1-2H3,(H,16,20)(H,18,19). The fourth-order valence-electron chi connectivity index (χ4n) is 1.56. The first-order valence-electron chi connectivity index (χ1n) is 6.15. The first-order valence-corrected chi connectivity index (χ1v) is 6.53. The molecule has 0 atom stereocenters. The number of hydrogen-bond donors (Lipinski definition) is 3. The molecule has 1 aromatic rings. The Hall–Kier alpha value is -1.79. The normalized spacial score (nSPS) is 10.2. The minimum absolute atomic E-state index is 0.0718. The summed E-state index contributed by atoms with van der Waals surface area (Å²) in [5.74, 6) is -1.07. The SMILES string of the molecule is CNCCCN(C)C(=O)Nc1cc(C(=O)O)ccc1Cl. The zero-order valence-corrected chi connectivity index (χ0v) is 12.2. The smallest absolute Gasteiger partial charge is 0.335 e. The van der Waals surface area contributed by atoms with Crippen LogP contribution in [0.3, 0.4) is 0 Å². The molecule has 0 aliphatic rings. The third kappa shape index (κ3) is 4.71. The lowest BCUT2D eigenvalue weighted by Crippen LogP contribution is -2.33. The predicted molar refractivity (Wildman–Crippen MR) is 78.6 cm³/mol. The van der Waals surface area contributed by atoms with Crippen LogP contribution >= 0.6 is 11.6 Å². The van der Waals surface area contributed by atoms with Crippen LogP contribution in [0.5, 0.6) is 0 Å². The van der Waals surface area contributed by atoms with E-state index in [1.807, 2.05) is 7.05 Å². The summed E-state index contributed by atoms with van der Waals surface area (Å²) in [6.45, 7) is 1.40. The average Bonchev–Trinajstić information content (AvgIpc) is 2.41. The Morgan fingerprint density at radius 1 is 1.40 bits per heavy atom. The van der Waals surface area contributed by atoms with Crippen molar-refractivity contribution in [2.45, 2.75) is 6.42 Å². The molecule has 0 bridgehead atoms. The van der Waals surface area contributed by atoms with E-state index in [1.54, 1.807) is 7.05 Å². The van der Waals surface area contributed by atoms with Crippen molar-refractivity contribution in [2.24, 2.45) is 0 Å². The Kier molecular flexibility index (Phi) is 6.27. The number of halogens is 1. The van der Waals surface area contributed by atoms with Gasteiger partial charge >= 0.3 is 12.0 Å². The van der Waals surface area contributed by atoms with Crippen LogP contribution in [0.2, 0.25) is 5.02 Å². The maximum atomic E-state index is 11.9. The molecule has 0 spiro atoms. The molecule has 0 saturated carbocycles. The topological polar surface area (TPSA) is 81.7 Å². The molecule has 110 valence electrons. The van der Waals surface area contributed by atoms with Crippen LogP contribution in [0.15, 0.2) is 18.2 Å². The van der Waals surface area contributed by atoms with E-state index in [0.29, 0.717) is 11.6 Å². The van der Waals surface area contributed by atoms with Gasteiger partial charge in [-0.2, -0.15) is 0 Å². The van der Waals surface area contributed by atoms with Crippen LogP contribution in [0.25, 0.3) is 0 Å². The Bertz CT molecular complexity index is 494. The van der Waals surface area contributed by atoms with Crippen LogP contribution in [0.1, 0.15) is 16.8 Å². The lowest BCUT2D eigenvalue weighted by atomic mass is 10.2. The number of amides is 2. The van der Waals surface area contributed by atoms with E-state index < -0.39 is 5.97 Å². The van der Waals surface area contributed by atoms with Crippen molar-refractivity contribution >= 4 is 29.3 Å². The highest BCUT2D eigenvalue weighted by Gasteiger charge is 2.12. The molecule has 20 heavy (non-hydrogen) atoms. The van der Waals surface area contributed by atoms with E-state index in [1.165, 1.54) is 23.1 Å². The molecule has 0 unspecified atom stereocenters. The maximum Gasteiger partial charge on any atom is 0.335 e. The summed E-state index contributed by atoms with van der Waals surface area (Å²) in [5.41, 5.74) is 0.361. The van der Waals surface area contributed by atoms with Crippen LogP contribution in [0, 0.1) is 0 Å². The number of carbonyl (C=O) groups excluding carboxylic acids is 1. The van der Waals surface area contributed by atoms with Gasteiger partial charge in [0.2, 0.25) is 0 Å². The van der Waals surface area contributed by atoms with Crippen molar-refractivity contribution in [3.05, 3.63) is 28.8 Å². The number of benzene rings is 1. The lowest BCUT2D eigenvalue weighted by Gasteiger charge is -2.18. The lowest BCUT2D eigenvalue weighted by molar-refractivity contribution is 0.0697. The van der Waals surface area contributed by atoms with Gasteiger partial charge in [0.15, 0.2) is 0 Å². The summed E-state index contributed by atoms with van der Waals surface area (Å²) in [6, 6.07) is 3.84. The Balaban J connectivity index is 2.69. The Labute approximate surface area is 122 Å². The molecular formula is C13H18ClN3O3. The number of hydrogen-bond acceptors (Lipinski definition) is 3. The van der Waals surface area contributed by atoms with Gasteiger partial charge in [0.05, 0.1) is 16.3 Å². The maximum absolute atomic E-state index is 11.9. The number of rotatable bonds is 6. The first-order chi connectivity index (χ1) is 9.45. The minimum Gasteiger partial charge on any atom is -0.478 e. The summed E-state index contributed by atoms with van der Waals surface area (Å²) < 4.78 is 0. The Morgan fingerprint density at radius 2 is 2.10 bits per heavy atom. The van der Waals surface area contributed by atoms with Crippen molar-refractivity contribution < 1.29 is 14.7 Å². The zero-order valence-electron chi connectivity index (χ0n) is 11.4. The number of carbonyl (C=O) groups is 2. The van der Waals surface area contributed by atoms with E-state index in [0.717, 1.165) is 13.0 Å². The van der Waals surface area contributed by atoms with Crippen LogP contribution in [-0.2, 0) is 0 Å². The van der Waals surface area contributed by atoms with Gasteiger partial charge in [-0.3, -0.25) is 0 Å². The zero-order chi connectivity index (χ0) is 15.1. The van der Waals surface area contributed by atoms with Gasteiger partial charge in [0, 0.05) is 13.6 Å². The molecule has 0 aliphatic heterocycles. The van der Waals surface area contributed by atoms with Crippen molar-refractivity contribution in [2.75, 3.05) is 32.5 Å². The number of anilines is 1. The predicted octanol–water partition coefficient (Wildman–Crippen LogP) is 2.11. The average molecular weight is 300 g/mol. The van der Waals surface area contributed by atoms with Crippen LogP contribution < -0.4 is 10.6 Å². The highest BCUT2D eigenvalue weighted by Crippen LogP contribution is 2.23. The fourth-order valence-corrected chi connectivity index (χ4v) is 1.72. The third-order valence-corrected chi connectivity index (χ3v) is 3.05. The fraction of sp³-hybridized carbons (Fsp3) is 0.385. The molecule has 0 radical (unpaired) electrons. The minimum atomic E-state index is -1.07. The van der Waals surface area contributed by atoms with Crippen molar-refractivity contribution in [1.82, 2.24) is 10.2 Å². The molecule has 3 N–H and O–H groups in total. The van der Waals surface area contributed by atoms with Gasteiger partial charge in [0.1, 0.15) is 0 Å². The summed E-state index contributed by atoms with van der Waals surface area (Å²) in [7, 11) is 3.51. The molecular weight excluding hydrogens is 282 g/mol.